The van der Waals surface area contributed by atoms with Crippen LogP contribution in [0.1, 0.15) is 25.7 Å². The van der Waals surface area contributed by atoms with Crippen LogP contribution in [0.2, 0.25) is 0 Å². The molecular weight excluding hydrogens is 328 g/mol. The van der Waals surface area contributed by atoms with Crippen LogP contribution in [-0.4, -0.2) is 68.6 Å². The van der Waals surface area contributed by atoms with Gasteiger partial charge in [-0.3, -0.25) is 4.79 Å². The largest absolute Gasteiger partial charge is 0.302 e. The SMILES string of the molecule is O=c1ccc(-n2cccn2)nn1CC1CCN(CCN2CCCC2)CC1. The topological polar surface area (TPSA) is 59.2 Å². The Bertz CT molecular complexity index is 742. The van der Waals surface area contributed by atoms with Crippen LogP contribution in [0.3, 0.4) is 0 Å². The first-order valence-electron chi connectivity index (χ1n) is 9.81. The Morgan fingerprint density at radius 1 is 1.00 bits per heavy atom. The molecule has 2 aromatic rings. The molecule has 2 aliphatic heterocycles. The third-order valence-electron chi connectivity index (χ3n) is 5.66. The van der Waals surface area contributed by atoms with Gasteiger partial charge in [0, 0.05) is 38.1 Å². The van der Waals surface area contributed by atoms with Gasteiger partial charge in [0.05, 0.1) is 0 Å². The van der Waals surface area contributed by atoms with Crippen LogP contribution in [0.15, 0.2) is 35.4 Å². The van der Waals surface area contributed by atoms with E-state index in [4.69, 9.17) is 0 Å². The monoisotopic (exact) mass is 356 g/mol. The molecule has 0 radical (unpaired) electrons. The summed E-state index contributed by atoms with van der Waals surface area (Å²) in [6, 6.07) is 5.18. The molecule has 0 unspecified atom stereocenters. The fourth-order valence-corrected chi connectivity index (χ4v) is 4.02. The average Bonchev–Trinajstić information content (AvgIpc) is 3.37. The molecule has 0 N–H and O–H groups in total. The Balaban J connectivity index is 1.30. The predicted molar refractivity (Wildman–Crippen MR) is 100 cm³/mol. The molecule has 2 aliphatic rings. The summed E-state index contributed by atoms with van der Waals surface area (Å²) in [4.78, 5) is 17.3. The van der Waals surface area contributed by atoms with Crippen molar-refractivity contribution in [3.8, 4) is 5.82 Å². The van der Waals surface area contributed by atoms with Gasteiger partial charge in [0.15, 0.2) is 5.82 Å². The van der Waals surface area contributed by atoms with Gasteiger partial charge < -0.3 is 9.80 Å². The summed E-state index contributed by atoms with van der Waals surface area (Å²) in [7, 11) is 0. The van der Waals surface area contributed by atoms with Crippen molar-refractivity contribution in [3.63, 3.8) is 0 Å². The van der Waals surface area contributed by atoms with Gasteiger partial charge in [-0.2, -0.15) is 5.10 Å². The van der Waals surface area contributed by atoms with Crippen molar-refractivity contribution in [2.45, 2.75) is 32.2 Å². The first kappa shape index (κ1) is 17.4. The Labute approximate surface area is 154 Å². The molecule has 0 atom stereocenters. The number of aromatic nitrogens is 4. The van der Waals surface area contributed by atoms with E-state index in [9.17, 15) is 4.79 Å². The van der Waals surface area contributed by atoms with Gasteiger partial charge in [0.1, 0.15) is 0 Å². The number of piperidine rings is 1. The van der Waals surface area contributed by atoms with Crippen molar-refractivity contribution in [1.29, 1.82) is 0 Å². The molecule has 7 heteroatoms. The van der Waals surface area contributed by atoms with E-state index in [1.807, 2.05) is 12.3 Å². The van der Waals surface area contributed by atoms with Crippen molar-refractivity contribution < 1.29 is 0 Å². The summed E-state index contributed by atoms with van der Waals surface area (Å²) in [5.74, 6) is 1.22. The normalized spacial score (nSPS) is 20.0. The second-order valence-corrected chi connectivity index (χ2v) is 7.50. The van der Waals surface area contributed by atoms with Crippen molar-refractivity contribution in [1.82, 2.24) is 29.4 Å². The Hall–Kier alpha value is -1.99. The van der Waals surface area contributed by atoms with Crippen LogP contribution in [0, 0.1) is 5.92 Å². The molecule has 140 valence electrons. The molecule has 2 saturated heterocycles. The molecule has 0 saturated carbocycles. The minimum absolute atomic E-state index is 0.0302. The van der Waals surface area contributed by atoms with Crippen LogP contribution in [0.4, 0.5) is 0 Å². The van der Waals surface area contributed by atoms with Gasteiger partial charge in [0.2, 0.25) is 0 Å². The van der Waals surface area contributed by atoms with Crippen LogP contribution < -0.4 is 5.56 Å². The Morgan fingerprint density at radius 2 is 1.73 bits per heavy atom. The van der Waals surface area contributed by atoms with E-state index in [-0.39, 0.29) is 5.56 Å². The van der Waals surface area contributed by atoms with E-state index in [0.717, 1.165) is 25.9 Å². The second-order valence-electron chi connectivity index (χ2n) is 7.50. The molecule has 26 heavy (non-hydrogen) atoms. The third-order valence-corrected chi connectivity index (χ3v) is 5.66. The molecule has 2 fully saturated rings. The predicted octanol–water partition coefficient (Wildman–Crippen LogP) is 1.24. The summed E-state index contributed by atoms with van der Waals surface area (Å²) in [6.45, 7) is 7.90. The zero-order valence-corrected chi connectivity index (χ0v) is 15.3. The molecule has 7 nitrogen and oxygen atoms in total. The maximum Gasteiger partial charge on any atom is 0.266 e. The highest BCUT2D eigenvalue weighted by molar-refractivity contribution is 5.17. The Morgan fingerprint density at radius 3 is 2.42 bits per heavy atom. The minimum Gasteiger partial charge on any atom is -0.302 e. The first-order chi connectivity index (χ1) is 12.8. The number of rotatable bonds is 6. The van der Waals surface area contributed by atoms with Crippen molar-refractivity contribution >= 4 is 0 Å². The van der Waals surface area contributed by atoms with E-state index < -0.39 is 0 Å². The van der Waals surface area contributed by atoms with Gasteiger partial charge in [0.25, 0.3) is 5.56 Å². The number of nitrogens with zero attached hydrogens (tertiary/aromatic N) is 6. The molecule has 2 aromatic heterocycles. The zero-order valence-electron chi connectivity index (χ0n) is 15.3. The summed E-state index contributed by atoms with van der Waals surface area (Å²) in [6.07, 6.45) is 8.56. The van der Waals surface area contributed by atoms with Crippen molar-refractivity contribution in [3.05, 3.63) is 40.9 Å². The van der Waals surface area contributed by atoms with E-state index in [1.54, 1.807) is 27.7 Å². The molecule has 4 heterocycles. The van der Waals surface area contributed by atoms with E-state index in [0.29, 0.717) is 18.3 Å². The zero-order chi connectivity index (χ0) is 17.8. The van der Waals surface area contributed by atoms with Crippen molar-refractivity contribution in [2.75, 3.05) is 39.3 Å². The van der Waals surface area contributed by atoms with Gasteiger partial charge in [-0.25, -0.2) is 9.36 Å². The Kier molecular flexibility index (Phi) is 5.45. The van der Waals surface area contributed by atoms with E-state index in [2.05, 4.69) is 20.0 Å². The van der Waals surface area contributed by atoms with Gasteiger partial charge in [-0.05, 0) is 69.9 Å². The summed E-state index contributed by atoms with van der Waals surface area (Å²) in [5.41, 5.74) is -0.0302. The van der Waals surface area contributed by atoms with Gasteiger partial charge in [-0.1, -0.05) is 0 Å². The maximum absolute atomic E-state index is 12.2. The minimum atomic E-state index is -0.0302. The summed E-state index contributed by atoms with van der Waals surface area (Å²) < 4.78 is 3.30. The fourth-order valence-electron chi connectivity index (χ4n) is 4.02. The second kappa shape index (κ2) is 8.14. The highest BCUT2D eigenvalue weighted by atomic mass is 16.1. The molecule has 0 spiro atoms. The van der Waals surface area contributed by atoms with Crippen LogP contribution >= 0.6 is 0 Å². The van der Waals surface area contributed by atoms with Crippen molar-refractivity contribution in [2.24, 2.45) is 5.92 Å². The standard InChI is InChI=1S/C19H28N6O/c26-19-5-4-18(24-11-3-8-20-24)21-25(19)16-17-6-12-23(13-7-17)15-14-22-9-1-2-10-22/h3-5,8,11,17H,1-2,6-7,9-10,12-16H2. The highest BCUT2D eigenvalue weighted by Gasteiger charge is 2.21. The maximum atomic E-state index is 12.2. The molecule has 0 bridgehead atoms. The number of hydrogen-bond acceptors (Lipinski definition) is 5. The van der Waals surface area contributed by atoms with Gasteiger partial charge >= 0.3 is 0 Å². The number of likely N-dealkylation sites (tertiary alicyclic amines) is 2. The highest BCUT2D eigenvalue weighted by Crippen LogP contribution is 2.18. The molecule has 4 rings (SSSR count). The van der Waals surface area contributed by atoms with E-state index >= 15 is 0 Å². The summed E-state index contributed by atoms with van der Waals surface area (Å²) in [5, 5.41) is 8.70. The third kappa shape index (κ3) is 4.22. The lowest BCUT2D eigenvalue weighted by molar-refractivity contribution is 0.153. The molecular formula is C19H28N6O. The van der Waals surface area contributed by atoms with Crippen LogP contribution in [0.5, 0.6) is 0 Å². The van der Waals surface area contributed by atoms with Crippen LogP contribution in [-0.2, 0) is 6.54 Å². The smallest absolute Gasteiger partial charge is 0.266 e. The van der Waals surface area contributed by atoms with E-state index in [1.165, 1.54) is 39.0 Å². The summed E-state index contributed by atoms with van der Waals surface area (Å²) >= 11 is 0. The molecule has 0 aliphatic carbocycles. The molecule has 0 aromatic carbocycles. The lowest BCUT2D eigenvalue weighted by Crippen LogP contribution is -2.40. The average molecular weight is 356 g/mol. The quantitative estimate of drug-likeness (QED) is 0.779. The van der Waals surface area contributed by atoms with Crippen LogP contribution in [0.25, 0.3) is 5.82 Å². The first-order valence-corrected chi connectivity index (χ1v) is 9.81. The molecule has 0 amide bonds. The van der Waals surface area contributed by atoms with Gasteiger partial charge in [-0.15, -0.1) is 5.10 Å². The lowest BCUT2D eigenvalue weighted by atomic mass is 9.97. The lowest BCUT2D eigenvalue weighted by Gasteiger charge is -2.33. The fraction of sp³-hybridized carbons (Fsp3) is 0.632. The number of hydrogen-bond donors (Lipinski definition) is 0.